The zero-order valence-corrected chi connectivity index (χ0v) is 8.76. The molecule has 0 aliphatic heterocycles. The van der Waals surface area contributed by atoms with Crippen LogP contribution in [0.1, 0.15) is 10.4 Å². The number of benzene rings is 1. The van der Waals surface area contributed by atoms with Crippen molar-refractivity contribution in [1.29, 1.82) is 0 Å². The van der Waals surface area contributed by atoms with E-state index in [1.54, 1.807) is 18.2 Å². The molecule has 0 bridgehead atoms. The van der Waals surface area contributed by atoms with Crippen LogP contribution in [0.4, 0.5) is 0 Å². The zero-order valence-electron chi connectivity index (χ0n) is 7.02. The van der Waals surface area contributed by atoms with Gasteiger partial charge in [-0.25, -0.2) is 0 Å². The SMILES string of the molecule is C[N-]C(=O)c1[c-]cccc1.[CH3-].[Ru+3]. The maximum atomic E-state index is 10.8. The van der Waals surface area contributed by atoms with Crippen LogP contribution < -0.4 is 0 Å². The van der Waals surface area contributed by atoms with Gasteiger partial charge >= 0.3 is 19.5 Å². The van der Waals surface area contributed by atoms with Gasteiger partial charge in [0.15, 0.2) is 0 Å². The van der Waals surface area contributed by atoms with Gasteiger partial charge in [-0.05, 0) is 5.91 Å². The van der Waals surface area contributed by atoms with Crippen molar-refractivity contribution >= 4 is 5.91 Å². The number of rotatable bonds is 1. The molecule has 0 saturated heterocycles. The summed E-state index contributed by atoms with van der Waals surface area (Å²) in [5, 5.41) is 3.49. The minimum absolute atomic E-state index is 0. The summed E-state index contributed by atoms with van der Waals surface area (Å²) in [6.07, 6.45) is 0. The molecule has 0 unspecified atom stereocenters. The number of carbonyl (C=O) groups excluding carboxylic acids is 1. The maximum absolute atomic E-state index is 10.8. The molecule has 12 heavy (non-hydrogen) atoms. The van der Waals surface area contributed by atoms with Crippen LogP contribution >= 0.6 is 0 Å². The molecule has 0 aromatic heterocycles. The Bertz CT molecular complexity index is 223. The molecule has 0 N–H and O–H groups in total. The van der Waals surface area contributed by atoms with E-state index >= 15 is 0 Å². The van der Waals surface area contributed by atoms with Crippen LogP contribution in [0.3, 0.4) is 0 Å². The zero-order chi connectivity index (χ0) is 7.40. The smallest absolute Gasteiger partial charge is 0.697 e. The summed E-state index contributed by atoms with van der Waals surface area (Å²) in [6, 6.07) is 9.76. The van der Waals surface area contributed by atoms with E-state index in [0.717, 1.165) is 0 Å². The van der Waals surface area contributed by atoms with Crippen molar-refractivity contribution < 1.29 is 24.3 Å². The molecule has 2 nitrogen and oxygen atoms in total. The summed E-state index contributed by atoms with van der Waals surface area (Å²) in [7, 11) is 1.48. The van der Waals surface area contributed by atoms with Gasteiger partial charge in [-0.15, -0.1) is 42.9 Å². The van der Waals surface area contributed by atoms with E-state index in [4.69, 9.17) is 0 Å². The van der Waals surface area contributed by atoms with Gasteiger partial charge in [-0.2, -0.15) is 0 Å². The van der Waals surface area contributed by atoms with Crippen molar-refractivity contribution in [2.24, 2.45) is 0 Å². The van der Waals surface area contributed by atoms with Crippen LogP contribution in [0.5, 0.6) is 0 Å². The third-order valence-corrected chi connectivity index (χ3v) is 1.14. The minimum Gasteiger partial charge on any atom is -0.697 e. The fraction of sp³-hybridized carbons (Fsp3) is 0.111. The molecule has 1 aromatic rings. The third-order valence-electron chi connectivity index (χ3n) is 1.14. The first kappa shape index (κ1) is 13.9. The van der Waals surface area contributed by atoms with Crippen molar-refractivity contribution in [1.82, 2.24) is 0 Å². The van der Waals surface area contributed by atoms with Gasteiger partial charge < -0.3 is 17.5 Å². The monoisotopic (exact) mass is 250 g/mol. The summed E-state index contributed by atoms with van der Waals surface area (Å²) in [4.78, 5) is 10.8. The van der Waals surface area contributed by atoms with Crippen molar-refractivity contribution in [3.63, 3.8) is 0 Å². The van der Waals surface area contributed by atoms with E-state index in [1.165, 1.54) is 7.05 Å². The molecular formula is C9H10NORu. The Balaban J connectivity index is 0. The van der Waals surface area contributed by atoms with Crippen LogP contribution in [0, 0.1) is 13.5 Å². The molecule has 0 heterocycles. The molecule has 3 heteroatoms. The average molecular weight is 249 g/mol. The van der Waals surface area contributed by atoms with Gasteiger partial charge in [-0.3, -0.25) is 0 Å². The van der Waals surface area contributed by atoms with Gasteiger partial charge in [0.05, 0.1) is 0 Å². The number of hydrogen-bond donors (Lipinski definition) is 0. The van der Waals surface area contributed by atoms with E-state index < -0.39 is 0 Å². The minimum atomic E-state index is -0.222. The van der Waals surface area contributed by atoms with Crippen molar-refractivity contribution in [2.75, 3.05) is 7.05 Å². The van der Waals surface area contributed by atoms with E-state index in [0.29, 0.717) is 5.56 Å². The van der Waals surface area contributed by atoms with Gasteiger partial charge in [0, 0.05) is 0 Å². The topological polar surface area (TPSA) is 31.2 Å². The summed E-state index contributed by atoms with van der Waals surface area (Å²) in [6.45, 7) is 0. The standard InChI is InChI=1S/C8H8NO.CH3.Ru/c1-9-8(10)7-5-3-2-4-6-7;;/h2-5H,1H3,(H,9,10);1H3;/q2*-1;+3/p-1. The van der Waals surface area contributed by atoms with Crippen molar-refractivity contribution in [3.05, 3.63) is 48.6 Å². The van der Waals surface area contributed by atoms with Gasteiger partial charge in [0.25, 0.3) is 0 Å². The molecule has 1 rings (SSSR count). The molecule has 0 atom stereocenters. The number of nitrogens with zero attached hydrogens (tertiary/aromatic N) is 1. The number of hydrogen-bond acceptors (Lipinski definition) is 1. The van der Waals surface area contributed by atoms with Gasteiger partial charge in [-0.1, -0.05) is 0 Å². The van der Waals surface area contributed by atoms with E-state index in [-0.39, 0.29) is 32.8 Å². The molecular weight excluding hydrogens is 239 g/mol. The Labute approximate surface area is 86.1 Å². The molecule has 65 valence electrons. The second-order valence-corrected chi connectivity index (χ2v) is 1.81. The van der Waals surface area contributed by atoms with Crippen molar-refractivity contribution in [3.8, 4) is 0 Å². The first-order chi connectivity index (χ1) is 4.84. The Morgan fingerprint density at radius 2 is 2.17 bits per heavy atom. The molecule has 0 aliphatic rings. The predicted molar refractivity (Wildman–Crippen MR) is 45.3 cm³/mol. The molecule has 1 radical (unpaired) electrons. The normalized spacial score (nSPS) is 7.42. The fourth-order valence-corrected chi connectivity index (χ4v) is 0.647. The third kappa shape index (κ3) is 3.63. The second-order valence-electron chi connectivity index (χ2n) is 1.81. The Kier molecular flexibility index (Phi) is 8.08. The number of amides is 1. The molecule has 1 aromatic carbocycles. The summed E-state index contributed by atoms with van der Waals surface area (Å²) < 4.78 is 0. The van der Waals surface area contributed by atoms with Gasteiger partial charge in [0.2, 0.25) is 0 Å². The maximum Gasteiger partial charge on any atom is 3.00 e. The molecule has 0 spiro atoms. The van der Waals surface area contributed by atoms with E-state index in [1.807, 2.05) is 6.07 Å². The summed E-state index contributed by atoms with van der Waals surface area (Å²) in [5.41, 5.74) is 0.519. The molecule has 0 aliphatic carbocycles. The van der Waals surface area contributed by atoms with Crippen LogP contribution in [0.2, 0.25) is 0 Å². The first-order valence-electron chi connectivity index (χ1n) is 2.95. The second kappa shape index (κ2) is 6.99. The first-order valence-corrected chi connectivity index (χ1v) is 2.95. The Morgan fingerprint density at radius 3 is 2.58 bits per heavy atom. The van der Waals surface area contributed by atoms with Crippen LogP contribution in [0.15, 0.2) is 24.3 Å². The average Bonchev–Trinajstić information content (AvgIpc) is 2.05. The summed E-state index contributed by atoms with van der Waals surface area (Å²) >= 11 is 0. The van der Waals surface area contributed by atoms with Crippen LogP contribution in [-0.4, -0.2) is 13.0 Å². The van der Waals surface area contributed by atoms with Crippen molar-refractivity contribution in [2.45, 2.75) is 0 Å². The van der Waals surface area contributed by atoms with Crippen LogP contribution in [-0.2, 0) is 19.5 Å². The van der Waals surface area contributed by atoms with Gasteiger partial charge in [0.1, 0.15) is 0 Å². The molecule has 0 fully saturated rings. The fourth-order valence-electron chi connectivity index (χ4n) is 0.647. The predicted octanol–water partition coefficient (Wildman–Crippen LogP) is 2.08. The number of carbonyl (C=O) groups is 1. The quantitative estimate of drug-likeness (QED) is 0.553. The molecule has 1 amide bonds. The molecule has 0 saturated carbocycles. The largest absolute Gasteiger partial charge is 3.00 e. The summed E-state index contributed by atoms with van der Waals surface area (Å²) in [5.74, 6) is -0.222. The van der Waals surface area contributed by atoms with E-state index in [9.17, 15) is 4.79 Å². The van der Waals surface area contributed by atoms with E-state index in [2.05, 4.69) is 11.4 Å². The Morgan fingerprint density at radius 1 is 1.50 bits per heavy atom. The Hall–Kier alpha value is -0.687. The van der Waals surface area contributed by atoms with Crippen LogP contribution in [0.25, 0.3) is 5.32 Å².